The molecule has 138 valence electrons. The van der Waals surface area contributed by atoms with Crippen molar-refractivity contribution in [2.24, 2.45) is 4.99 Å². The van der Waals surface area contributed by atoms with E-state index >= 15 is 0 Å². The first-order valence-electron chi connectivity index (χ1n) is 8.69. The Hall–Kier alpha value is -1.65. The summed E-state index contributed by atoms with van der Waals surface area (Å²) in [7, 11) is 5.89. The Kier molecular flexibility index (Phi) is 10.8. The van der Waals surface area contributed by atoms with E-state index < -0.39 is 0 Å². The van der Waals surface area contributed by atoms with Crippen molar-refractivity contribution in [2.45, 2.75) is 19.3 Å². The van der Waals surface area contributed by atoms with Crippen molar-refractivity contribution >= 4 is 23.6 Å². The summed E-state index contributed by atoms with van der Waals surface area (Å²) in [6.07, 6.45) is 16.0. The van der Waals surface area contributed by atoms with Crippen molar-refractivity contribution in [1.82, 2.24) is 9.80 Å². The van der Waals surface area contributed by atoms with E-state index in [1.807, 2.05) is 38.3 Å². The first-order valence-corrected chi connectivity index (χ1v) is 9.23. The van der Waals surface area contributed by atoms with Gasteiger partial charge in [-0.3, -0.25) is 9.79 Å². The van der Waals surface area contributed by atoms with Crippen LogP contribution in [0.15, 0.2) is 52.7 Å². The molecule has 0 aromatic heterocycles. The minimum atomic E-state index is 0.349. The maximum Gasteiger partial charge on any atom is 0.150 e. The zero-order valence-electron chi connectivity index (χ0n) is 15.6. The highest BCUT2D eigenvalue weighted by Crippen LogP contribution is 2.10. The lowest BCUT2D eigenvalue weighted by Crippen LogP contribution is -2.25. The van der Waals surface area contributed by atoms with Crippen LogP contribution in [-0.2, 0) is 4.79 Å². The second-order valence-electron chi connectivity index (χ2n) is 6.38. The molecule has 0 unspecified atom stereocenters. The van der Waals surface area contributed by atoms with Crippen molar-refractivity contribution in [1.29, 1.82) is 0 Å². The average Bonchev–Trinajstić information content (AvgIpc) is 2.72. The molecule has 4 nitrogen and oxygen atoms in total. The number of hydrogen-bond donors (Lipinski definition) is 0. The fraction of sp³-hybridized carbons (Fsp3) is 0.500. The monoisotopic (exact) mass is 363 g/mol. The minimum Gasteiger partial charge on any atom is -0.383 e. The molecule has 0 aromatic rings. The minimum absolute atomic E-state index is 0.349. The van der Waals surface area contributed by atoms with Gasteiger partial charge in [-0.05, 0) is 43.8 Å². The Morgan fingerprint density at radius 3 is 2.80 bits per heavy atom. The van der Waals surface area contributed by atoms with Gasteiger partial charge in [0.05, 0.1) is 0 Å². The Morgan fingerprint density at radius 1 is 1.32 bits per heavy atom. The number of aliphatic imine (C=N–C) groups is 1. The second kappa shape index (κ2) is 12.7. The molecule has 0 radical (unpaired) electrons. The molecule has 0 N–H and O–H groups in total. The number of carbonyl (C=O) groups excluding carboxylic acids is 1. The van der Waals surface area contributed by atoms with Gasteiger partial charge in [0.1, 0.15) is 6.29 Å². The van der Waals surface area contributed by atoms with Crippen LogP contribution < -0.4 is 0 Å². The molecule has 0 aromatic carbocycles. The number of likely N-dealkylation sites (N-methyl/N-ethyl adjacent to an activating group) is 1. The van der Waals surface area contributed by atoms with E-state index in [1.165, 1.54) is 0 Å². The molecule has 0 saturated heterocycles. The van der Waals surface area contributed by atoms with Gasteiger partial charge in [-0.25, -0.2) is 0 Å². The van der Waals surface area contributed by atoms with Crippen LogP contribution in [0, 0.1) is 0 Å². The fourth-order valence-corrected chi connectivity index (χ4v) is 2.62. The lowest BCUT2D eigenvalue weighted by molar-refractivity contribution is -0.104. The molecule has 0 saturated carbocycles. The van der Waals surface area contributed by atoms with Gasteiger partial charge in [-0.2, -0.15) is 0 Å². The van der Waals surface area contributed by atoms with Gasteiger partial charge in [-0.15, -0.1) is 11.6 Å². The largest absolute Gasteiger partial charge is 0.383 e. The summed E-state index contributed by atoms with van der Waals surface area (Å²) in [6.45, 7) is 2.42. The number of rotatable bonds is 9. The summed E-state index contributed by atoms with van der Waals surface area (Å²) in [4.78, 5) is 20.1. The van der Waals surface area contributed by atoms with Crippen LogP contribution in [0.25, 0.3) is 0 Å². The Balaban J connectivity index is 2.66. The SMILES string of the molecule is CN(C)/C=C\C(C=O)=C(/CCl)CN(C)CCC1=N/CCC/C=C/C=C\1. The molecule has 1 aliphatic rings. The molecular weight excluding hydrogens is 334 g/mol. The number of hydrogen-bond acceptors (Lipinski definition) is 4. The zero-order valence-corrected chi connectivity index (χ0v) is 16.4. The highest BCUT2D eigenvalue weighted by Gasteiger charge is 2.08. The molecule has 0 atom stereocenters. The number of alkyl halides is 1. The number of carbonyl (C=O) groups is 1. The molecule has 0 spiro atoms. The van der Waals surface area contributed by atoms with Gasteiger partial charge in [0.2, 0.25) is 0 Å². The first kappa shape index (κ1) is 21.4. The molecule has 0 fully saturated rings. The Labute approximate surface area is 157 Å². The molecular formula is C20H30ClN3O. The van der Waals surface area contributed by atoms with Gasteiger partial charge >= 0.3 is 0 Å². The Morgan fingerprint density at radius 2 is 2.12 bits per heavy atom. The van der Waals surface area contributed by atoms with Crippen molar-refractivity contribution in [3.05, 3.63) is 47.7 Å². The second-order valence-corrected chi connectivity index (χ2v) is 6.65. The topological polar surface area (TPSA) is 35.9 Å². The van der Waals surface area contributed by atoms with Crippen molar-refractivity contribution in [3.8, 4) is 0 Å². The Bertz CT molecular complexity index is 559. The van der Waals surface area contributed by atoms with Gasteiger partial charge in [0, 0.05) is 57.3 Å². The lowest BCUT2D eigenvalue weighted by atomic mass is 10.1. The van der Waals surface area contributed by atoms with Crippen molar-refractivity contribution in [2.75, 3.05) is 46.7 Å². The van der Waals surface area contributed by atoms with Gasteiger partial charge in [0.25, 0.3) is 0 Å². The van der Waals surface area contributed by atoms with Crippen molar-refractivity contribution < 1.29 is 4.79 Å². The van der Waals surface area contributed by atoms with Crippen molar-refractivity contribution in [3.63, 3.8) is 0 Å². The van der Waals surface area contributed by atoms with Gasteiger partial charge in [0.15, 0.2) is 0 Å². The molecule has 5 heteroatoms. The standard InChI is InChI=1S/C20H30ClN3O/c1-23(2)13-10-18(17-25)19(15-21)16-24(3)14-11-20-9-7-5-4-6-8-12-22-20/h4-5,7,9-10,13,17H,6,8,11-12,14-16H2,1-3H3/b5-4+,9-7-,13-10-,19-18-,22-20+. The van der Waals surface area contributed by atoms with E-state index in [2.05, 4.69) is 34.2 Å². The zero-order chi connectivity index (χ0) is 18.5. The maximum absolute atomic E-state index is 11.4. The number of nitrogens with zero attached hydrogens (tertiary/aromatic N) is 3. The first-order chi connectivity index (χ1) is 12.1. The summed E-state index contributed by atoms with van der Waals surface area (Å²) in [5.74, 6) is 0.349. The number of allylic oxidation sites excluding steroid dienone is 6. The van der Waals surface area contributed by atoms with Crippen LogP contribution in [0.2, 0.25) is 0 Å². The van der Waals surface area contributed by atoms with E-state index in [-0.39, 0.29) is 0 Å². The average molecular weight is 364 g/mol. The third-order valence-electron chi connectivity index (χ3n) is 3.84. The van der Waals surface area contributed by atoms with E-state index in [0.29, 0.717) is 18.0 Å². The van der Waals surface area contributed by atoms with E-state index in [4.69, 9.17) is 11.6 Å². The molecule has 0 aliphatic carbocycles. The number of halogens is 1. The van der Waals surface area contributed by atoms with Gasteiger partial charge < -0.3 is 9.80 Å². The fourth-order valence-electron chi connectivity index (χ4n) is 2.38. The van der Waals surface area contributed by atoms with Crippen LogP contribution in [0.4, 0.5) is 0 Å². The van der Waals surface area contributed by atoms with Crippen LogP contribution in [0.5, 0.6) is 0 Å². The molecule has 0 amide bonds. The van der Waals surface area contributed by atoms with Crippen LogP contribution in [0.3, 0.4) is 0 Å². The highest BCUT2D eigenvalue weighted by molar-refractivity contribution is 6.19. The third kappa shape index (κ3) is 9.42. The van der Waals surface area contributed by atoms with E-state index in [0.717, 1.165) is 49.9 Å². The predicted molar refractivity (Wildman–Crippen MR) is 109 cm³/mol. The molecule has 25 heavy (non-hydrogen) atoms. The molecule has 1 heterocycles. The molecule has 0 bridgehead atoms. The highest BCUT2D eigenvalue weighted by atomic mass is 35.5. The van der Waals surface area contributed by atoms with Crippen LogP contribution in [0.1, 0.15) is 19.3 Å². The maximum atomic E-state index is 11.4. The number of aldehydes is 1. The lowest BCUT2D eigenvalue weighted by Gasteiger charge is -2.19. The van der Waals surface area contributed by atoms with E-state index in [9.17, 15) is 4.79 Å². The van der Waals surface area contributed by atoms with E-state index in [1.54, 1.807) is 0 Å². The summed E-state index contributed by atoms with van der Waals surface area (Å²) in [6, 6.07) is 0. The normalized spacial score (nSPS) is 20.9. The summed E-state index contributed by atoms with van der Waals surface area (Å²) in [5.41, 5.74) is 2.71. The van der Waals surface area contributed by atoms with Crippen LogP contribution in [-0.4, -0.2) is 68.5 Å². The van der Waals surface area contributed by atoms with Crippen LogP contribution >= 0.6 is 11.6 Å². The summed E-state index contributed by atoms with van der Waals surface area (Å²) in [5, 5.41) is 0. The quantitative estimate of drug-likeness (QED) is 0.272. The van der Waals surface area contributed by atoms with Gasteiger partial charge in [-0.1, -0.05) is 18.2 Å². The molecule has 1 rings (SSSR count). The third-order valence-corrected chi connectivity index (χ3v) is 4.16. The smallest absolute Gasteiger partial charge is 0.150 e. The summed E-state index contributed by atoms with van der Waals surface area (Å²) >= 11 is 6.07. The summed E-state index contributed by atoms with van der Waals surface area (Å²) < 4.78 is 0. The predicted octanol–water partition coefficient (Wildman–Crippen LogP) is 3.47. The molecule has 1 aliphatic heterocycles.